The molecule has 5 nitrogen and oxygen atoms in total. The summed E-state index contributed by atoms with van der Waals surface area (Å²) in [7, 11) is -5.77. The Kier molecular flexibility index (Phi) is 4.37. The molecule has 0 bridgehead atoms. The first-order chi connectivity index (χ1) is 12.1. The third-order valence-corrected chi connectivity index (χ3v) is 5.23. The first-order valence-corrected chi connectivity index (χ1v) is 8.71. The van der Waals surface area contributed by atoms with Crippen molar-refractivity contribution in [3.63, 3.8) is 0 Å². The van der Waals surface area contributed by atoms with Crippen LogP contribution in [0.2, 0.25) is 0 Å². The average Bonchev–Trinajstić information content (AvgIpc) is 2.58. The Balaban J connectivity index is 2.19. The number of sulfone groups is 1. The minimum Gasteiger partial charge on any atom is -0.460 e. The minimum absolute atomic E-state index is 0.367. The Morgan fingerprint density at radius 1 is 1.04 bits per heavy atom. The second kappa shape index (κ2) is 6.26. The van der Waals surface area contributed by atoms with Crippen LogP contribution in [0.3, 0.4) is 0 Å². The van der Waals surface area contributed by atoms with Crippen molar-refractivity contribution in [2.45, 2.75) is 16.7 Å². The van der Waals surface area contributed by atoms with E-state index in [0.717, 1.165) is 12.1 Å². The van der Waals surface area contributed by atoms with Crippen molar-refractivity contribution in [3.8, 4) is 5.75 Å². The number of hydrogen-bond donors (Lipinski definition) is 1. The van der Waals surface area contributed by atoms with Gasteiger partial charge in [0.15, 0.2) is 5.78 Å². The van der Waals surface area contributed by atoms with E-state index in [1.54, 1.807) is 30.3 Å². The van der Waals surface area contributed by atoms with Crippen LogP contribution in [0.25, 0.3) is 6.08 Å². The number of carbonyl (C=O) groups excluding carboxylic acids is 1. The topological polar surface area (TPSA) is 80.7 Å². The number of hydrogen-bond acceptors (Lipinski definition) is 5. The van der Waals surface area contributed by atoms with E-state index in [0.29, 0.717) is 11.6 Å². The maximum absolute atomic E-state index is 12.9. The molecule has 26 heavy (non-hydrogen) atoms. The van der Waals surface area contributed by atoms with Gasteiger partial charge in [-0.05, 0) is 23.8 Å². The summed E-state index contributed by atoms with van der Waals surface area (Å²) >= 11 is 0. The molecule has 9 heteroatoms. The lowest BCUT2D eigenvalue weighted by Crippen LogP contribution is -2.33. The standard InChI is InChI=1S/C17H11F3O5S/c18-17(19,20)26(23,24)13-8-4-7-12-14(13)15(21)11(16(22)25-12)9-10-5-2-1-3-6-10/h1-9,16,22H. The molecule has 3 rings (SSSR count). The summed E-state index contributed by atoms with van der Waals surface area (Å²) in [4.78, 5) is 11.5. The lowest BCUT2D eigenvalue weighted by Gasteiger charge is -2.25. The van der Waals surface area contributed by atoms with Gasteiger partial charge in [0.25, 0.3) is 9.84 Å². The van der Waals surface area contributed by atoms with Crippen molar-refractivity contribution in [2.24, 2.45) is 0 Å². The van der Waals surface area contributed by atoms with Gasteiger partial charge in [-0.3, -0.25) is 4.79 Å². The lowest BCUT2D eigenvalue weighted by atomic mass is 9.97. The van der Waals surface area contributed by atoms with E-state index in [-0.39, 0.29) is 5.57 Å². The molecule has 0 spiro atoms. The van der Waals surface area contributed by atoms with Crippen molar-refractivity contribution < 1.29 is 36.2 Å². The first-order valence-electron chi connectivity index (χ1n) is 7.23. The van der Waals surface area contributed by atoms with Crippen molar-refractivity contribution in [3.05, 3.63) is 65.2 Å². The smallest absolute Gasteiger partial charge is 0.460 e. The van der Waals surface area contributed by atoms with Crippen LogP contribution in [0.4, 0.5) is 13.2 Å². The average molecular weight is 384 g/mol. The number of carbonyl (C=O) groups is 1. The fourth-order valence-corrected chi connectivity index (χ4v) is 3.46. The van der Waals surface area contributed by atoms with Crippen molar-refractivity contribution >= 4 is 21.7 Å². The van der Waals surface area contributed by atoms with Gasteiger partial charge < -0.3 is 9.84 Å². The maximum atomic E-state index is 12.9. The third-order valence-electron chi connectivity index (χ3n) is 3.70. The van der Waals surface area contributed by atoms with Crippen molar-refractivity contribution in [1.29, 1.82) is 0 Å². The van der Waals surface area contributed by atoms with Gasteiger partial charge in [-0.2, -0.15) is 13.2 Å². The third kappa shape index (κ3) is 2.99. The molecule has 1 aliphatic rings. The molecule has 2 aromatic rings. The molecule has 1 N–H and O–H groups in total. The Bertz CT molecular complexity index is 995. The van der Waals surface area contributed by atoms with Crippen molar-refractivity contribution in [1.82, 2.24) is 0 Å². The van der Waals surface area contributed by atoms with Gasteiger partial charge in [-0.25, -0.2) is 8.42 Å². The molecule has 1 atom stereocenters. The fraction of sp³-hybridized carbons (Fsp3) is 0.118. The highest BCUT2D eigenvalue weighted by Crippen LogP contribution is 2.39. The normalized spacial score (nSPS) is 19.2. The Labute approximate surface area is 146 Å². The van der Waals surface area contributed by atoms with E-state index < -0.39 is 43.6 Å². The van der Waals surface area contributed by atoms with Crippen LogP contribution in [-0.4, -0.2) is 31.1 Å². The van der Waals surface area contributed by atoms with Gasteiger partial charge in [0.1, 0.15) is 5.75 Å². The lowest BCUT2D eigenvalue weighted by molar-refractivity contribution is -0.0436. The summed E-state index contributed by atoms with van der Waals surface area (Å²) in [5.41, 5.74) is -6.22. The summed E-state index contributed by atoms with van der Waals surface area (Å²) in [6.07, 6.45) is -0.508. The minimum atomic E-state index is -5.77. The number of benzene rings is 2. The Morgan fingerprint density at radius 3 is 2.31 bits per heavy atom. The van der Waals surface area contributed by atoms with Crippen LogP contribution in [0.5, 0.6) is 5.75 Å². The SMILES string of the molecule is O=C1C(=Cc2ccccc2)C(O)Oc2cccc(S(=O)(=O)C(F)(F)F)c21. The zero-order valence-electron chi connectivity index (χ0n) is 12.9. The summed E-state index contributed by atoms with van der Waals surface area (Å²) < 4.78 is 67.5. The van der Waals surface area contributed by atoms with E-state index in [1.165, 1.54) is 6.08 Å². The van der Waals surface area contributed by atoms with Crippen LogP contribution >= 0.6 is 0 Å². The van der Waals surface area contributed by atoms with Crippen LogP contribution in [0, 0.1) is 0 Å². The number of rotatable bonds is 2. The number of aliphatic hydroxyl groups excluding tert-OH is 1. The molecule has 0 saturated carbocycles. The molecule has 2 aromatic carbocycles. The highest BCUT2D eigenvalue weighted by molar-refractivity contribution is 7.92. The second-order valence-electron chi connectivity index (χ2n) is 5.39. The van der Waals surface area contributed by atoms with Gasteiger partial charge >= 0.3 is 5.51 Å². The molecule has 0 amide bonds. The number of aliphatic hydroxyl groups is 1. The summed E-state index contributed by atoms with van der Waals surface area (Å²) in [6, 6.07) is 11.0. The predicted octanol–water partition coefficient (Wildman–Crippen LogP) is 2.96. The number of ether oxygens (including phenoxy) is 1. The van der Waals surface area contributed by atoms with Gasteiger partial charge in [-0.1, -0.05) is 36.4 Å². The molecule has 0 radical (unpaired) electrons. The monoisotopic (exact) mass is 384 g/mol. The quantitative estimate of drug-likeness (QED) is 0.806. The zero-order valence-corrected chi connectivity index (χ0v) is 13.7. The van der Waals surface area contributed by atoms with Gasteiger partial charge in [0, 0.05) is 0 Å². The van der Waals surface area contributed by atoms with Crippen molar-refractivity contribution in [2.75, 3.05) is 0 Å². The molecule has 0 saturated heterocycles. The van der Waals surface area contributed by atoms with Crippen LogP contribution in [-0.2, 0) is 9.84 Å². The number of Topliss-reactive ketones (excluding diaryl/α,β-unsaturated/α-hetero) is 1. The summed E-state index contributed by atoms with van der Waals surface area (Å²) in [6.45, 7) is 0. The molecule has 1 aliphatic heterocycles. The maximum Gasteiger partial charge on any atom is 0.501 e. The second-order valence-corrected chi connectivity index (χ2v) is 7.30. The number of ketones is 1. The molecule has 0 fully saturated rings. The van der Waals surface area contributed by atoms with Gasteiger partial charge in [0.2, 0.25) is 6.29 Å². The largest absolute Gasteiger partial charge is 0.501 e. The zero-order chi connectivity index (χ0) is 19.1. The molecular formula is C17H11F3O5S. The van der Waals surface area contributed by atoms with Crippen LogP contribution in [0.1, 0.15) is 15.9 Å². The van der Waals surface area contributed by atoms with E-state index >= 15 is 0 Å². The predicted molar refractivity (Wildman–Crippen MR) is 85.1 cm³/mol. The Hall–Kier alpha value is -2.65. The molecule has 1 unspecified atom stereocenters. The first kappa shape index (κ1) is 18.2. The highest BCUT2D eigenvalue weighted by atomic mass is 32.2. The van der Waals surface area contributed by atoms with E-state index in [2.05, 4.69) is 0 Å². The number of fused-ring (bicyclic) bond motifs is 1. The van der Waals surface area contributed by atoms with E-state index in [9.17, 15) is 31.5 Å². The summed E-state index contributed by atoms with van der Waals surface area (Å²) in [5.74, 6) is -1.48. The number of alkyl halides is 3. The molecular weight excluding hydrogens is 373 g/mol. The van der Waals surface area contributed by atoms with Gasteiger partial charge in [-0.15, -0.1) is 0 Å². The molecule has 1 heterocycles. The van der Waals surface area contributed by atoms with Crippen LogP contribution < -0.4 is 4.74 Å². The molecule has 0 aliphatic carbocycles. The van der Waals surface area contributed by atoms with Gasteiger partial charge in [0.05, 0.1) is 16.0 Å². The number of halogens is 3. The highest BCUT2D eigenvalue weighted by Gasteiger charge is 2.50. The molecule has 0 aromatic heterocycles. The summed E-state index contributed by atoms with van der Waals surface area (Å²) in [5, 5.41) is 10.0. The Morgan fingerprint density at radius 2 is 1.69 bits per heavy atom. The van der Waals surface area contributed by atoms with Crippen LogP contribution in [0.15, 0.2) is 59.0 Å². The molecule has 136 valence electrons. The van der Waals surface area contributed by atoms with E-state index in [1.807, 2.05) is 0 Å². The fourth-order valence-electron chi connectivity index (χ4n) is 2.49. The van der Waals surface area contributed by atoms with E-state index in [4.69, 9.17) is 4.74 Å².